The second kappa shape index (κ2) is 11.6. The zero-order chi connectivity index (χ0) is 28.4. The molecule has 4 N–H and O–H groups in total. The second-order valence-corrected chi connectivity index (χ2v) is 10.6. The number of aromatic amines is 1. The maximum Gasteiger partial charge on any atom is 0.256 e. The minimum Gasteiger partial charge on any atom is -0.496 e. The minimum absolute atomic E-state index is 0.0607. The predicted molar refractivity (Wildman–Crippen MR) is 158 cm³/mol. The Hall–Kier alpha value is -4.11. The molecule has 1 amide bonds. The first-order valence-electron chi connectivity index (χ1n) is 13.9. The monoisotopic (exact) mass is 542 g/mol. The minimum atomic E-state index is -0.267. The van der Waals surface area contributed by atoms with E-state index in [0.29, 0.717) is 28.5 Å². The number of ether oxygens (including phenoxy) is 1. The molecule has 0 aromatic carbocycles. The van der Waals surface area contributed by atoms with E-state index in [4.69, 9.17) is 4.74 Å². The number of carbonyl (C=O) groups excluding carboxylic acids is 1. The third-order valence-electron chi connectivity index (χ3n) is 8.22. The molecule has 9 nitrogen and oxygen atoms in total. The van der Waals surface area contributed by atoms with Gasteiger partial charge in [0.05, 0.1) is 24.7 Å². The van der Waals surface area contributed by atoms with Crippen molar-refractivity contribution in [3.8, 4) is 16.9 Å². The van der Waals surface area contributed by atoms with E-state index in [0.717, 1.165) is 59.7 Å². The van der Waals surface area contributed by atoms with Crippen molar-refractivity contribution in [3.63, 3.8) is 0 Å². The van der Waals surface area contributed by atoms with Gasteiger partial charge in [-0.1, -0.05) is 6.92 Å². The standard InChI is InChI=1S/C31H38N6O3/c1-18-14-27(40-5)25(31(39)36-18)17-35-30(38)24-16-26-23(22-8-12-34-28(15-22)32-4)9-13-37(26)29(20(24)3)19(2)21-6-10-33-11-7-21/h8-9,12-16,19,21,33H,6-7,10-11,17H2,1-5H3,(H,32,34)(H,35,38)(H,36,39). The van der Waals surface area contributed by atoms with Crippen LogP contribution >= 0.6 is 0 Å². The van der Waals surface area contributed by atoms with Gasteiger partial charge in [0.15, 0.2) is 0 Å². The summed E-state index contributed by atoms with van der Waals surface area (Å²) in [5.41, 5.74) is 6.55. The molecule has 1 aliphatic rings. The van der Waals surface area contributed by atoms with Crippen molar-refractivity contribution in [3.05, 3.63) is 81.2 Å². The van der Waals surface area contributed by atoms with Crippen molar-refractivity contribution in [2.24, 2.45) is 5.92 Å². The Morgan fingerprint density at radius 1 is 1.20 bits per heavy atom. The number of H-pyrrole nitrogens is 1. The van der Waals surface area contributed by atoms with Crippen molar-refractivity contribution >= 4 is 17.2 Å². The Bertz CT molecular complexity index is 1600. The molecule has 5 heterocycles. The molecule has 0 aliphatic carbocycles. The summed E-state index contributed by atoms with van der Waals surface area (Å²) in [7, 11) is 3.38. The summed E-state index contributed by atoms with van der Waals surface area (Å²) in [5, 5.41) is 9.57. The molecular formula is C31H38N6O3. The van der Waals surface area contributed by atoms with E-state index >= 15 is 0 Å². The van der Waals surface area contributed by atoms with Gasteiger partial charge in [-0.05, 0) is 93.1 Å². The summed E-state index contributed by atoms with van der Waals surface area (Å²) in [6, 6.07) is 9.84. The molecule has 0 bridgehead atoms. The number of rotatable bonds is 8. The number of methoxy groups -OCH3 is 1. The summed E-state index contributed by atoms with van der Waals surface area (Å²) in [6.45, 7) is 8.18. The molecular weight excluding hydrogens is 504 g/mol. The lowest BCUT2D eigenvalue weighted by atomic mass is 9.81. The van der Waals surface area contributed by atoms with Gasteiger partial charge < -0.3 is 30.1 Å². The van der Waals surface area contributed by atoms with Crippen LogP contribution < -0.4 is 26.2 Å². The summed E-state index contributed by atoms with van der Waals surface area (Å²) in [4.78, 5) is 33.6. The van der Waals surface area contributed by atoms with E-state index in [1.165, 1.54) is 7.11 Å². The first kappa shape index (κ1) is 27.5. The largest absolute Gasteiger partial charge is 0.496 e. The Morgan fingerprint density at radius 2 is 1.98 bits per heavy atom. The maximum absolute atomic E-state index is 13.8. The Labute approximate surface area is 234 Å². The third-order valence-corrected chi connectivity index (χ3v) is 8.22. The Kier molecular flexibility index (Phi) is 7.93. The van der Waals surface area contributed by atoms with E-state index in [1.54, 1.807) is 19.2 Å². The smallest absolute Gasteiger partial charge is 0.256 e. The van der Waals surface area contributed by atoms with Gasteiger partial charge >= 0.3 is 0 Å². The fourth-order valence-corrected chi connectivity index (χ4v) is 6.01. The Morgan fingerprint density at radius 3 is 2.70 bits per heavy atom. The number of aromatic nitrogens is 3. The van der Waals surface area contributed by atoms with Gasteiger partial charge in [-0.2, -0.15) is 0 Å². The number of pyridine rings is 3. The number of hydrogen-bond donors (Lipinski definition) is 4. The average molecular weight is 543 g/mol. The van der Waals surface area contributed by atoms with Gasteiger partial charge in [-0.25, -0.2) is 4.98 Å². The van der Waals surface area contributed by atoms with E-state index < -0.39 is 0 Å². The molecule has 1 fully saturated rings. The normalized spacial score (nSPS) is 14.7. The maximum atomic E-state index is 13.8. The molecule has 1 unspecified atom stereocenters. The predicted octanol–water partition coefficient (Wildman–Crippen LogP) is 4.39. The molecule has 0 saturated carbocycles. The molecule has 1 atom stereocenters. The van der Waals surface area contributed by atoms with E-state index in [9.17, 15) is 9.59 Å². The highest BCUT2D eigenvalue weighted by Gasteiger charge is 2.27. The summed E-state index contributed by atoms with van der Waals surface area (Å²) in [5.74, 6) is 1.78. The van der Waals surface area contributed by atoms with Crippen LogP contribution in [-0.4, -0.2) is 47.5 Å². The molecule has 1 aliphatic heterocycles. The van der Waals surface area contributed by atoms with Gasteiger partial charge in [0.1, 0.15) is 11.6 Å². The topological polar surface area (TPSA) is 113 Å². The molecule has 4 aromatic rings. The van der Waals surface area contributed by atoms with Gasteiger partial charge in [-0.3, -0.25) is 9.59 Å². The number of nitrogens with zero attached hydrogens (tertiary/aromatic N) is 2. The highest BCUT2D eigenvalue weighted by Crippen LogP contribution is 2.37. The van der Waals surface area contributed by atoms with Crippen molar-refractivity contribution < 1.29 is 9.53 Å². The fraction of sp³-hybridized carbons (Fsp3) is 0.387. The van der Waals surface area contributed by atoms with Crippen LogP contribution in [0.3, 0.4) is 0 Å². The zero-order valence-electron chi connectivity index (χ0n) is 23.9. The van der Waals surface area contributed by atoms with Crippen LogP contribution in [0, 0.1) is 19.8 Å². The molecule has 40 heavy (non-hydrogen) atoms. The van der Waals surface area contributed by atoms with E-state index in [1.807, 2.05) is 32.2 Å². The summed E-state index contributed by atoms with van der Waals surface area (Å²) >= 11 is 0. The number of carbonyl (C=O) groups is 1. The van der Waals surface area contributed by atoms with Crippen molar-refractivity contribution in [2.45, 2.75) is 46.1 Å². The third kappa shape index (κ3) is 5.21. The first-order valence-corrected chi connectivity index (χ1v) is 13.9. The number of fused-ring (bicyclic) bond motifs is 1. The van der Waals surface area contributed by atoms with Crippen molar-refractivity contribution in [1.29, 1.82) is 0 Å². The molecule has 5 rings (SSSR count). The van der Waals surface area contributed by atoms with Crippen LogP contribution in [0.15, 0.2) is 47.5 Å². The Balaban J connectivity index is 1.60. The van der Waals surface area contributed by atoms with Crippen LogP contribution in [-0.2, 0) is 6.54 Å². The van der Waals surface area contributed by atoms with Crippen LogP contribution in [0.1, 0.15) is 58.6 Å². The molecule has 0 spiro atoms. The van der Waals surface area contributed by atoms with E-state index in [2.05, 4.69) is 49.5 Å². The number of piperidine rings is 1. The number of amides is 1. The lowest BCUT2D eigenvalue weighted by Crippen LogP contribution is -2.31. The van der Waals surface area contributed by atoms with Gasteiger partial charge in [0, 0.05) is 42.0 Å². The van der Waals surface area contributed by atoms with Gasteiger partial charge in [0.2, 0.25) is 0 Å². The SMILES string of the molecule is CNc1cc(-c2ccn3c(C(C)C4CCNCC4)c(C)c(C(=O)NCc4c(OC)cc(C)[nH]c4=O)cc23)ccn1. The van der Waals surface area contributed by atoms with Crippen LogP contribution in [0.5, 0.6) is 5.75 Å². The van der Waals surface area contributed by atoms with Crippen LogP contribution in [0.2, 0.25) is 0 Å². The number of hydrogen-bond acceptors (Lipinski definition) is 6. The number of anilines is 1. The lowest BCUT2D eigenvalue weighted by molar-refractivity contribution is 0.0949. The summed E-state index contributed by atoms with van der Waals surface area (Å²) in [6.07, 6.45) is 6.09. The van der Waals surface area contributed by atoms with Crippen molar-refractivity contribution in [1.82, 2.24) is 25.0 Å². The average Bonchev–Trinajstić information content (AvgIpc) is 3.39. The number of nitrogens with one attached hydrogen (secondary N) is 4. The quantitative estimate of drug-likeness (QED) is 0.263. The number of aryl methyl sites for hydroxylation is 1. The molecule has 1 saturated heterocycles. The zero-order valence-corrected chi connectivity index (χ0v) is 23.9. The van der Waals surface area contributed by atoms with Crippen LogP contribution in [0.25, 0.3) is 16.6 Å². The first-order chi connectivity index (χ1) is 19.3. The molecule has 9 heteroatoms. The molecule has 0 radical (unpaired) electrons. The summed E-state index contributed by atoms with van der Waals surface area (Å²) < 4.78 is 7.68. The molecule has 4 aromatic heterocycles. The second-order valence-electron chi connectivity index (χ2n) is 10.6. The van der Waals surface area contributed by atoms with Gasteiger partial charge in [-0.15, -0.1) is 0 Å². The van der Waals surface area contributed by atoms with Crippen LogP contribution in [0.4, 0.5) is 5.82 Å². The van der Waals surface area contributed by atoms with E-state index in [-0.39, 0.29) is 23.9 Å². The highest BCUT2D eigenvalue weighted by molar-refractivity contribution is 5.98. The molecule has 210 valence electrons. The van der Waals surface area contributed by atoms with Crippen molar-refractivity contribution in [2.75, 3.05) is 32.6 Å². The lowest BCUT2D eigenvalue weighted by Gasteiger charge is -2.30. The fourth-order valence-electron chi connectivity index (χ4n) is 6.01. The highest BCUT2D eigenvalue weighted by atomic mass is 16.5. The van der Waals surface area contributed by atoms with Gasteiger partial charge in [0.25, 0.3) is 11.5 Å².